The summed E-state index contributed by atoms with van der Waals surface area (Å²) in [6, 6.07) is 4.92. The van der Waals surface area contributed by atoms with Crippen LogP contribution in [0, 0.1) is 10.8 Å². The molecule has 6 heteroatoms. The Morgan fingerprint density at radius 2 is 1.65 bits per heavy atom. The third-order valence-electron chi connectivity index (χ3n) is 3.13. The summed E-state index contributed by atoms with van der Waals surface area (Å²) in [6.07, 6.45) is 0. The molecule has 0 aliphatic carbocycles. The van der Waals surface area contributed by atoms with E-state index in [0.717, 1.165) is 0 Å². The second kappa shape index (κ2) is 6.79. The summed E-state index contributed by atoms with van der Waals surface area (Å²) in [7, 11) is 1.51. The first-order valence-corrected chi connectivity index (χ1v) is 7.75. The molecule has 0 spiro atoms. The Hall–Kier alpha value is -1.75. The quantitative estimate of drug-likeness (QED) is 0.833. The lowest BCUT2D eigenvalue weighted by Gasteiger charge is -2.32. The van der Waals surface area contributed by atoms with Crippen LogP contribution in [-0.2, 0) is 9.59 Å². The third-order valence-corrected chi connectivity index (χ3v) is 3.43. The van der Waals surface area contributed by atoms with Gasteiger partial charge in [0.05, 0.1) is 17.8 Å². The van der Waals surface area contributed by atoms with Gasteiger partial charge in [0.25, 0.3) is 5.91 Å². The number of ether oxygens (including phenoxy) is 1. The molecule has 0 aliphatic rings. The summed E-state index contributed by atoms with van der Waals surface area (Å²) in [4.78, 5) is 25.1. The van der Waals surface area contributed by atoms with Gasteiger partial charge in [-0.15, -0.1) is 0 Å². The fourth-order valence-corrected chi connectivity index (χ4v) is 1.88. The first-order chi connectivity index (χ1) is 10.4. The van der Waals surface area contributed by atoms with Crippen LogP contribution in [0.1, 0.15) is 41.5 Å². The first-order valence-electron chi connectivity index (χ1n) is 7.37. The average molecular weight is 341 g/mol. The molecule has 0 atom stereocenters. The van der Waals surface area contributed by atoms with Crippen molar-refractivity contribution in [3.05, 3.63) is 23.2 Å². The van der Waals surface area contributed by atoms with Crippen molar-refractivity contribution in [1.29, 1.82) is 0 Å². The van der Waals surface area contributed by atoms with Crippen molar-refractivity contribution < 1.29 is 14.3 Å². The molecule has 1 N–H and O–H groups in total. The summed E-state index contributed by atoms with van der Waals surface area (Å²) in [6.45, 7) is 10.7. The number of halogens is 1. The molecule has 0 fully saturated rings. The van der Waals surface area contributed by atoms with Crippen LogP contribution in [0.3, 0.4) is 0 Å². The van der Waals surface area contributed by atoms with E-state index in [1.54, 1.807) is 59.7 Å². The summed E-state index contributed by atoms with van der Waals surface area (Å²) < 4.78 is 5.12. The smallest absolute Gasteiger partial charge is 0.251 e. The number of nitrogens with one attached hydrogen (secondary N) is 1. The van der Waals surface area contributed by atoms with Gasteiger partial charge in [0.15, 0.2) is 0 Å². The SMILES string of the molecule is COc1ccc(N(NC(=O)C(C)(C)C)C(=O)C(C)(C)C)cc1Cl. The van der Waals surface area contributed by atoms with E-state index in [4.69, 9.17) is 16.3 Å². The molecule has 1 aromatic rings. The molecular formula is C17H25ClN2O3. The van der Waals surface area contributed by atoms with E-state index in [-0.39, 0.29) is 11.8 Å². The van der Waals surface area contributed by atoms with Gasteiger partial charge >= 0.3 is 0 Å². The Morgan fingerprint density at radius 1 is 1.09 bits per heavy atom. The molecule has 0 heterocycles. The average Bonchev–Trinajstić information content (AvgIpc) is 2.41. The van der Waals surface area contributed by atoms with Crippen LogP contribution in [0.25, 0.3) is 0 Å². The highest BCUT2D eigenvalue weighted by Gasteiger charge is 2.32. The second-order valence-corrected chi connectivity index (χ2v) is 7.81. The van der Waals surface area contributed by atoms with E-state index in [1.807, 2.05) is 0 Å². The van der Waals surface area contributed by atoms with Gasteiger partial charge < -0.3 is 4.74 Å². The number of benzene rings is 1. The molecule has 0 radical (unpaired) electrons. The first kappa shape index (κ1) is 19.3. The van der Waals surface area contributed by atoms with Gasteiger partial charge in [0, 0.05) is 10.8 Å². The predicted octanol–water partition coefficient (Wildman–Crippen LogP) is 3.81. The lowest BCUT2D eigenvalue weighted by atomic mass is 9.94. The number of amides is 2. The maximum absolute atomic E-state index is 12.7. The molecule has 0 bridgehead atoms. The monoisotopic (exact) mass is 340 g/mol. The standard InChI is InChI=1S/C17H25ClN2O3/c1-16(2,3)14(21)19-20(15(22)17(4,5)6)11-8-9-13(23-7)12(18)10-11/h8-10H,1-7H3,(H,19,21). The second-order valence-electron chi connectivity index (χ2n) is 7.40. The fraction of sp³-hybridized carbons (Fsp3) is 0.529. The van der Waals surface area contributed by atoms with Gasteiger partial charge in [0.2, 0.25) is 5.91 Å². The van der Waals surface area contributed by atoms with Crippen molar-refractivity contribution >= 4 is 29.1 Å². The number of hydrazine groups is 1. The normalized spacial score (nSPS) is 11.8. The van der Waals surface area contributed by atoms with Crippen LogP contribution in [0.15, 0.2) is 18.2 Å². The molecule has 0 aliphatic heterocycles. The number of carbonyl (C=O) groups excluding carboxylic acids is 2. The third kappa shape index (κ3) is 4.86. The Bertz CT molecular complexity index is 601. The lowest BCUT2D eigenvalue weighted by molar-refractivity contribution is -0.133. The van der Waals surface area contributed by atoms with E-state index in [2.05, 4.69) is 5.43 Å². The van der Waals surface area contributed by atoms with Crippen molar-refractivity contribution in [3.63, 3.8) is 0 Å². The molecule has 0 saturated heterocycles. The minimum Gasteiger partial charge on any atom is -0.495 e. The van der Waals surface area contributed by atoms with Crippen molar-refractivity contribution in [1.82, 2.24) is 5.43 Å². The molecule has 2 amide bonds. The van der Waals surface area contributed by atoms with Gasteiger partial charge in [0.1, 0.15) is 5.75 Å². The van der Waals surface area contributed by atoms with Gasteiger partial charge in [-0.05, 0) is 18.2 Å². The number of methoxy groups -OCH3 is 1. The predicted molar refractivity (Wildman–Crippen MR) is 92.5 cm³/mol. The van der Waals surface area contributed by atoms with Crippen LogP contribution >= 0.6 is 11.6 Å². The number of hydrogen-bond acceptors (Lipinski definition) is 3. The Labute approximate surface area is 142 Å². The summed E-state index contributed by atoms with van der Waals surface area (Å²) in [5.41, 5.74) is 1.87. The largest absolute Gasteiger partial charge is 0.495 e. The van der Waals surface area contributed by atoms with Crippen molar-refractivity contribution in [2.75, 3.05) is 12.1 Å². The molecule has 1 rings (SSSR count). The Morgan fingerprint density at radius 3 is 2.04 bits per heavy atom. The van der Waals surface area contributed by atoms with Gasteiger partial charge in [-0.3, -0.25) is 15.0 Å². The van der Waals surface area contributed by atoms with Crippen molar-refractivity contribution in [3.8, 4) is 5.75 Å². The summed E-state index contributed by atoms with van der Waals surface area (Å²) in [5.74, 6) is -0.000837. The lowest BCUT2D eigenvalue weighted by Crippen LogP contribution is -2.53. The van der Waals surface area contributed by atoms with Crippen LogP contribution in [0.5, 0.6) is 5.75 Å². The topological polar surface area (TPSA) is 58.6 Å². The molecule has 1 aromatic carbocycles. The van der Waals surface area contributed by atoms with Crippen LogP contribution in [0.2, 0.25) is 5.02 Å². The maximum atomic E-state index is 12.7. The van der Waals surface area contributed by atoms with E-state index in [0.29, 0.717) is 16.5 Å². The zero-order valence-corrected chi connectivity index (χ0v) is 15.5. The molecule has 128 valence electrons. The highest BCUT2D eigenvalue weighted by molar-refractivity contribution is 6.32. The molecule has 23 heavy (non-hydrogen) atoms. The van der Waals surface area contributed by atoms with E-state index in [1.165, 1.54) is 12.1 Å². The van der Waals surface area contributed by atoms with Crippen LogP contribution in [0.4, 0.5) is 5.69 Å². The van der Waals surface area contributed by atoms with Gasteiger partial charge in [-0.25, -0.2) is 5.01 Å². The molecule has 5 nitrogen and oxygen atoms in total. The van der Waals surface area contributed by atoms with E-state index < -0.39 is 10.8 Å². The fourth-order valence-electron chi connectivity index (χ4n) is 1.63. The number of anilines is 1. The van der Waals surface area contributed by atoms with Crippen LogP contribution < -0.4 is 15.2 Å². The molecule has 0 unspecified atom stereocenters. The minimum absolute atomic E-state index is 0.240. The van der Waals surface area contributed by atoms with Crippen LogP contribution in [-0.4, -0.2) is 18.9 Å². The van der Waals surface area contributed by atoms with E-state index in [9.17, 15) is 9.59 Å². The highest BCUT2D eigenvalue weighted by atomic mass is 35.5. The highest BCUT2D eigenvalue weighted by Crippen LogP contribution is 2.31. The summed E-state index contributed by atoms with van der Waals surface area (Å²) >= 11 is 6.14. The Kier molecular flexibility index (Phi) is 5.69. The molecule has 0 saturated carbocycles. The minimum atomic E-state index is -0.669. The molecular weight excluding hydrogens is 316 g/mol. The van der Waals surface area contributed by atoms with Gasteiger partial charge in [-0.1, -0.05) is 53.1 Å². The van der Waals surface area contributed by atoms with E-state index >= 15 is 0 Å². The Balaban J connectivity index is 3.27. The summed E-state index contributed by atoms with van der Waals surface area (Å²) in [5, 5.41) is 1.61. The van der Waals surface area contributed by atoms with Gasteiger partial charge in [-0.2, -0.15) is 0 Å². The number of hydrogen-bond donors (Lipinski definition) is 1. The van der Waals surface area contributed by atoms with Crippen molar-refractivity contribution in [2.24, 2.45) is 10.8 Å². The number of rotatable bonds is 2. The number of nitrogens with zero attached hydrogens (tertiary/aromatic N) is 1. The molecule has 0 aromatic heterocycles. The van der Waals surface area contributed by atoms with Crippen molar-refractivity contribution in [2.45, 2.75) is 41.5 Å². The zero-order chi connectivity index (χ0) is 18.0. The zero-order valence-electron chi connectivity index (χ0n) is 14.8. The number of carbonyl (C=O) groups is 2. The maximum Gasteiger partial charge on any atom is 0.251 e.